The Kier molecular flexibility index (Phi) is 3.08. The number of Topliss-reactive ketones (excluding diaryl/α,β-unsaturated/α-hetero) is 1. The van der Waals surface area contributed by atoms with Crippen molar-refractivity contribution in [3.05, 3.63) is 52.5 Å². The van der Waals surface area contributed by atoms with E-state index in [0.29, 0.717) is 17.7 Å². The molecule has 0 radical (unpaired) electrons. The van der Waals surface area contributed by atoms with Gasteiger partial charge in [0.25, 0.3) is 0 Å². The molecule has 1 aromatic heterocycles. The topological polar surface area (TPSA) is 44.7 Å². The molecule has 0 fully saturated rings. The molecule has 2 rings (SSSR count). The summed E-state index contributed by atoms with van der Waals surface area (Å²) >= 11 is 1.55. The lowest BCUT2D eigenvalue weighted by Gasteiger charge is -1.96. The van der Waals surface area contributed by atoms with E-state index in [9.17, 15) is 4.79 Å². The largest absolute Gasteiger partial charge is 0.287 e. The number of hydrogen-bond acceptors (Lipinski definition) is 3. The summed E-state index contributed by atoms with van der Waals surface area (Å²) in [6.07, 6.45) is 1.87. The summed E-state index contributed by atoms with van der Waals surface area (Å²) in [4.78, 5) is 11.8. The lowest BCUT2D eigenvalue weighted by molar-refractivity contribution is -0.678. The van der Waals surface area contributed by atoms with Gasteiger partial charge < -0.3 is 0 Å². The third-order valence-corrected chi connectivity index (χ3v) is 2.86. The van der Waals surface area contributed by atoms with E-state index >= 15 is 0 Å². The van der Waals surface area contributed by atoms with Crippen LogP contribution in [0.15, 0.2) is 41.4 Å². The molecule has 0 aliphatic carbocycles. The monoisotopic (exact) mass is 229 g/mol. The number of nitriles is 1. The van der Waals surface area contributed by atoms with Gasteiger partial charge in [-0.3, -0.25) is 4.79 Å². The van der Waals surface area contributed by atoms with Gasteiger partial charge in [-0.25, -0.2) is 0 Å². The highest BCUT2D eigenvalue weighted by molar-refractivity contribution is 7.07. The summed E-state index contributed by atoms with van der Waals surface area (Å²) in [5, 5.41) is 10.6. The molecule has 0 aliphatic rings. The van der Waals surface area contributed by atoms with E-state index in [1.54, 1.807) is 35.6 Å². The number of nitrogens with zero attached hydrogens (tertiary/aromatic N) is 2. The number of carbonyl (C=O) groups is 1. The first-order valence-electron chi connectivity index (χ1n) is 4.74. The molecule has 4 heteroatoms. The van der Waals surface area contributed by atoms with E-state index in [1.807, 2.05) is 27.7 Å². The van der Waals surface area contributed by atoms with Crippen LogP contribution in [0.25, 0.3) is 0 Å². The van der Waals surface area contributed by atoms with Gasteiger partial charge in [0, 0.05) is 5.56 Å². The molecule has 0 atom stereocenters. The molecule has 0 N–H and O–H groups in total. The van der Waals surface area contributed by atoms with Crippen LogP contribution in [0.3, 0.4) is 0 Å². The van der Waals surface area contributed by atoms with Crippen molar-refractivity contribution in [2.75, 3.05) is 0 Å². The van der Waals surface area contributed by atoms with Crippen LogP contribution in [-0.4, -0.2) is 5.78 Å². The molecule has 2 aromatic rings. The molecule has 0 amide bonds. The number of benzene rings is 1. The number of carbonyl (C=O) groups excluding carboxylic acids is 1. The third-order valence-electron chi connectivity index (χ3n) is 2.19. The Bertz CT molecular complexity index is 523. The Morgan fingerprint density at radius 1 is 1.38 bits per heavy atom. The zero-order chi connectivity index (χ0) is 11.4. The minimum Gasteiger partial charge on any atom is -0.287 e. The van der Waals surface area contributed by atoms with Crippen molar-refractivity contribution in [3.63, 3.8) is 0 Å². The van der Waals surface area contributed by atoms with Crippen molar-refractivity contribution < 1.29 is 9.36 Å². The number of hydrogen-bond donors (Lipinski definition) is 0. The summed E-state index contributed by atoms with van der Waals surface area (Å²) in [5.41, 5.74) is 3.10. The van der Waals surface area contributed by atoms with Gasteiger partial charge in [-0.1, -0.05) is 11.3 Å². The highest BCUT2D eigenvalue weighted by Crippen LogP contribution is 2.04. The average Bonchev–Trinajstić information content (AvgIpc) is 2.82. The van der Waals surface area contributed by atoms with Crippen LogP contribution in [0, 0.1) is 11.3 Å². The average molecular weight is 229 g/mol. The van der Waals surface area contributed by atoms with Crippen LogP contribution in [0.5, 0.6) is 0 Å². The van der Waals surface area contributed by atoms with E-state index in [1.165, 1.54) is 0 Å². The summed E-state index contributed by atoms with van der Waals surface area (Å²) < 4.78 is 1.84. The van der Waals surface area contributed by atoms with Crippen molar-refractivity contribution in [2.24, 2.45) is 0 Å². The zero-order valence-corrected chi connectivity index (χ0v) is 9.28. The number of rotatable bonds is 3. The molecule has 3 nitrogen and oxygen atoms in total. The highest BCUT2D eigenvalue weighted by atomic mass is 32.1. The molecule has 0 aliphatic heterocycles. The summed E-state index contributed by atoms with van der Waals surface area (Å²) in [5.74, 6) is 0.0490. The summed E-state index contributed by atoms with van der Waals surface area (Å²) in [6.45, 7) is 0.343. The fourth-order valence-corrected chi connectivity index (χ4v) is 1.94. The standard InChI is InChI=1S/C12H9N2OS/c13-7-10-1-3-11(4-2-10)12(15)8-14-5-6-16-9-14/h1-6,9H,8H2/q+1. The molecule has 78 valence electrons. The molecule has 0 bridgehead atoms. The Morgan fingerprint density at radius 2 is 2.12 bits per heavy atom. The first-order valence-corrected chi connectivity index (χ1v) is 5.68. The lowest BCUT2D eigenvalue weighted by Crippen LogP contribution is -2.34. The van der Waals surface area contributed by atoms with Gasteiger partial charge in [0.15, 0.2) is 6.20 Å². The van der Waals surface area contributed by atoms with Crippen LogP contribution < -0.4 is 4.57 Å². The van der Waals surface area contributed by atoms with Crippen molar-refractivity contribution >= 4 is 17.1 Å². The van der Waals surface area contributed by atoms with Crippen molar-refractivity contribution in [3.8, 4) is 6.07 Å². The summed E-state index contributed by atoms with van der Waals surface area (Å²) in [6, 6.07) is 8.72. The first-order chi connectivity index (χ1) is 7.79. The maximum atomic E-state index is 11.8. The van der Waals surface area contributed by atoms with Crippen LogP contribution >= 0.6 is 11.3 Å². The maximum Gasteiger partial charge on any atom is 0.227 e. The first kappa shape index (κ1) is 10.5. The van der Waals surface area contributed by atoms with Gasteiger partial charge >= 0.3 is 0 Å². The smallest absolute Gasteiger partial charge is 0.227 e. The van der Waals surface area contributed by atoms with E-state index in [2.05, 4.69) is 0 Å². The van der Waals surface area contributed by atoms with E-state index in [-0.39, 0.29) is 5.78 Å². The molecule has 1 aromatic carbocycles. The fourth-order valence-electron chi connectivity index (χ4n) is 1.34. The molecule has 1 heterocycles. The molecule has 16 heavy (non-hydrogen) atoms. The predicted molar refractivity (Wildman–Crippen MR) is 60.0 cm³/mol. The zero-order valence-electron chi connectivity index (χ0n) is 8.46. The van der Waals surface area contributed by atoms with Crippen LogP contribution in [0.2, 0.25) is 0 Å². The van der Waals surface area contributed by atoms with Gasteiger partial charge in [0.2, 0.25) is 17.8 Å². The number of ketones is 1. The van der Waals surface area contributed by atoms with Crippen molar-refractivity contribution in [2.45, 2.75) is 6.54 Å². The Morgan fingerprint density at radius 3 is 2.69 bits per heavy atom. The van der Waals surface area contributed by atoms with Gasteiger partial charge in [-0.15, -0.1) is 0 Å². The fraction of sp³-hybridized carbons (Fsp3) is 0.0833. The van der Waals surface area contributed by atoms with Crippen LogP contribution in [-0.2, 0) is 6.54 Å². The van der Waals surface area contributed by atoms with E-state index in [0.717, 1.165) is 0 Å². The SMILES string of the molecule is N#Cc1ccc(C(=O)C[n+]2ccsc2)cc1. The minimum absolute atomic E-state index is 0.0490. The molecule has 0 saturated carbocycles. The van der Waals surface area contributed by atoms with E-state index in [4.69, 9.17) is 5.26 Å². The normalized spacial score (nSPS) is 9.69. The van der Waals surface area contributed by atoms with Crippen LogP contribution in [0.1, 0.15) is 15.9 Å². The Hall–Kier alpha value is -1.99. The highest BCUT2D eigenvalue weighted by Gasteiger charge is 2.11. The van der Waals surface area contributed by atoms with Gasteiger partial charge in [0.05, 0.1) is 17.0 Å². The second kappa shape index (κ2) is 4.69. The van der Waals surface area contributed by atoms with Gasteiger partial charge in [-0.05, 0) is 24.3 Å². The second-order valence-electron chi connectivity index (χ2n) is 3.31. The van der Waals surface area contributed by atoms with Gasteiger partial charge in [-0.2, -0.15) is 9.83 Å². The third kappa shape index (κ3) is 2.33. The van der Waals surface area contributed by atoms with E-state index < -0.39 is 0 Å². The van der Waals surface area contributed by atoms with Gasteiger partial charge in [0.1, 0.15) is 0 Å². The molecule has 0 unspecified atom stereocenters. The number of thiazole rings is 1. The Labute approximate surface area is 97.2 Å². The quantitative estimate of drug-likeness (QED) is 0.595. The predicted octanol–water partition coefficient (Wildman–Crippen LogP) is 1.79. The van der Waals surface area contributed by atoms with Crippen molar-refractivity contribution in [1.29, 1.82) is 5.26 Å². The molecular formula is C12H9N2OS+. The molecular weight excluding hydrogens is 220 g/mol. The number of aromatic nitrogens is 1. The second-order valence-corrected chi connectivity index (χ2v) is 4.07. The summed E-state index contributed by atoms with van der Waals surface area (Å²) in [7, 11) is 0. The van der Waals surface area contributed by atoms with Crippen LogP contribution in [0.4, 0.5) is 0 Å². The van der Waals surface area contributed by atoms with Crippen molar-refractivity contribution in [1.82, 2.24) is 0 Å². The minimum atomic E-state index is 0.0490. The molecule has 0 saturated heterocycles. The lowest BCUT2D eigenvalue weighted by atomic mass is 10.1. The molecule has 0 spiro atoms. The Balaban J connectivity index is 2.12. The maximum absolute atomic E-state index is 11.8.